The maximum absolute atomic E-state index is 11.4. The normalized spacial score (nSPS) is 15.3. The van der Waals surface area contributed by atoms with Crippen molar-refractivity contribution in [2.45, 2.75) is 24.3 Å². The summed E-state index contributed by atoms with van der Waals surface area (Å²) in [6.07, 6.45) is 2.86. The van der Waals surface area contributed by atoms with Crippen molar-refractivity contribution in [3.63, 3.8) is 0 Å². The first-order valence-corrected chi connectivity index (χ1v) is 17.1. The van der Waals surface area contributed by atoms with E-state index in [0.29, 0.717) is 24.5 Å². The second kappa shape index (κ2) is 12.1. The highest BCUT2D eigenvalue weighted by Gasteiger charge is 2.28. The van der Waals surface area contributed by atoms with E-state index in [2.05, 4.69) is 33.7 Å². The summed E-state index contributed by atoms with van der Waals surface area (Å²) in [7, 11) is -4.08. The third kappa shape index (κ3) is 6.91. The Morgan fingerprint density at radius 1 is 1.03 bits per heavy atom. The van der Waals surface area contributed by atoms with Gasteiger partial charge in [0.15, 0.2) is 17.6 Å². The van der Waals surface area contributed by atoms with Gasteiger partial charge in [0.25, 0.3) is 15.1 Å². The van der Waals surface area contributed by atoms with Crippen LogP contribution in [-0.2, 0) is 27.7 Å². The second-order valence-corrected chi connectivity index (χ2v) is 14.2. The van der Waals surface area contributed by atoms with Gasteiger partial charge >= 0.3 is 0 Å². The van der Waals surface area contributed by atoms with Gasteiger partial charge in [0.1, 0.15) is 4.70 Å². The molecule has 0 saturated heterocycles. The van der Waals surface area contributed by atoms with E-state index < -0.39 is 21.2 Å². The van der Waals surface area contributed by atoms with Gasteiger partial charge < -0.3 is 9.45 Å². The van der Waals surface area contributed by atoms with E-state index in [0.717, 1.165) is 42.0 Å². The molecule has 1 aliphatic heterocycles. The molecule has 39 heavy (non-hydrogen) atoms. The van der Waals surface area contributed by atoms with Crippen LogP contribution in [0.5, 0.6) is 0 Å². The number of halogens is 1. The molecule has 12 heteroatoms. The Kier molecular flexibility index (Phi) is 8.77. The molecule has 1 unspecified atom stereocenters. The summed E-state index contributed by atoms with van der Waals surface area (Å²) in [6.45, 7) is 0.953. The van der Waals surface area contributed by atoms with Gasteiger partial charge in [-0.15, -0.1) is 0 Å². The molecule has 0 aliphatic carbocycles. The maximum atomic E-state index is 11.4. The Balaban J connectivity index is 1.57. The topological polar surface area (TPSA) is 98.8 Å². The highest BCUT2D eigenvalue weighted by molar-refractivity contribution is 8.04. The van der Waals surface area contributed by atoms with E-state index in [9.17, 15) is 21.7 Å². The lowest BCUT2D eigenvalue weighted by molar-refractivity contribution is -0.668. The number of aromatic nitrogens is 1. The van der Waals surface area contributed by atoms with Gasteiger partial charge in [-0.2, -0.15) is 13.0 Å². The molecular weight excluding hydrogens is 596 g/mol. The minimum Gasteiger partial charge on any atom is -0.335 e. The Hall–Kier alpha value is -2.25. The Labute approximate surface area is 243 Å². The van der Waals surface area contributed by atoms with E-state index in [-0.39, 0.29) is 17.9 Å². The average molecular weight is 622 g/mol. The summed E-state index contributed by atoms with van der Waals surface area (Å²) in [5.74, 6) is -0.153. The lowest BCUT2D eigenvalue weighted by Gasteiger charge is -2.20. The van der Waals surface area contributed by atoms with Gasteiger partial charge in [-0.3, -0.25) is 4.55 Å². The van der Waals surface area contributed by atoms with E-state index in [1.807, 2.05) is 48.5 Å². The standard InChI is InChI=1S/C27H25ClN2O5S4/c28-21-9-11-25-23(17-21)29(12-4-14-38(31)32)26(37-25)18-27-30(13-5-15-39(33,34)35)22-16-20(8-10-24(22)36-27)19-6-2-1-3-7-19/h1-3,6-11,16-18H,4-5,12-15H2,(H-,31,32,33,34,35)/p+1. The van der Waals surface area contributed by atoms with Crippen LogP contribution >= 0.6 is 34.7 Å². The summed E-state index contributed by atoms with van der Waals surface area (Å²) >= 11 is 7.64. The highest BCUT2D eigenvalue weighted by Crippen LogP contribution is 2.48. The number of benzene rings is 3. The zero-order valence-corrected chi connectivity index (χ0v) is 24.7. The van der Waals surface area contributed by atoms with Crippen molar-refractivity contribution < 1.29 is 26.3 Å². The van der Waals surface area contributed by atoms with Crippen LogP contribution < -0.4 is 9.47 Å². The smallest absolute Gasteiger partial charge is 0.265 e. The quantitative estimate of drug-likeness (QED) is 0.122. The van der Waals surface area contributed by atoms with Crippen molar-refractivity contribution in [3.05, 3.63) is 81.8 Å². The lowest BCUT2D eigenvalue weighted by atomic mass is 10.1. The first kappa shape index (κ1) is 28.3. The molecule has 0 amide bonds. The van der Waals surface area contributed by atoms with Crippen LogP contribution in [0.25, 0.3) is 27.4 Å². The molecule has 2 N–H and O–H groups in total. The monoisotopic (exact) mass is 621 g/mol. The molecule has 0 bridgehead atoms. The van der Waals surface area contributed by atoms with Crippen LogP contribution in [0.15, 0.2) is 76.7 Å². The number of hydrogen-bond donors (Lipinski definition) is 2. The molecule has 0 spiro atoms. The molecule has 5 rings (SSSR count). The summed E-state index contributed by atoms with van der Waals surface area (Å²) in [5.41, 5.74) is 4.07. The number of anilines is 1. The SMILES string of the molecule is O=S(O)CCCN1/C(=C/c2sc3ccc(-c4ccccc4)cc3[n+]2CCCS(=O)(=O)O)Sc2ccc(Cl)cc21. The average Bonchev–Trinajstić information content (AvgIpc) is 3.40. The molecular formula is C27H26ClN2O5S4+. The summed E-state index contributed by atoms with van der Waals surface area (Å²) in [5, 5.41) is 2.50. The van der Waals surface area contributed by atoms with Crippen molar-refractivity contribution in [2.24, 2.45) is 0 Å². The fraction of sp³-hybridized carbons (Fsp3) is 0.222. The van der Waals surface area contributed by atoms with E-state index in [4.69, 9.17) is 11.6 Å². The van der Waals surface area contributed by atoms with Crippen molar-refractivity contribution >= 4 is 77.9 Å². The number of nitrogens with zero attached hydrogens (tertiary/aromatic N) is 2. The number of fused-ring (bicyclic) bond motifs is 2. The number of rotatable bonds is 10. The minimum atomic E-state index is -4.08. The Morgan fingerprint density at radius 3 is 2.56 bits per heavy atom. The molecule has 0 fully saturated rings. The van der Waals surface area contributed by atoms with Gasteiger partial charge in [-0.1, -0.05) is 71.1 Å². The second-order valence-electron chi connectivity index (χ2n) is 9.01. The maximum Gasteiger partial charge on any atom is 0.265 e. The fourth-order valence-corrected chi connectivity index (χ4v) is 7.84. The molecule has 7 nitrogen and oxygen atoms in total. The number of hydrogen-bond acceptors (Lipinski definition) is 6. The molecule has 0 saturated carbocycles. The summed E-state index contributed by atoms with van der Waals surface area (Å²) < 4.78 is 55.9. The first-order valence-electron chi connectivity index (χ1n) is 12.2. The number of aryl methyl sites for hydroxylation is 1. The van der Waals surface area contributed by atoms with Crippen molar-refractivity contribution in [2.75, 3.05) is 23.0 Å². The molecule has 1 atom stereocenters. The molecule has 3 aromatic carbocycles. The molecule has 0 radical (unpaired) electrons. The van der Waals surface area contributed by atoms with E-state index >= 15 is 0 Å². The van der Waals surface area contributed by atoms with Crippen LogP contribution in [0.2, 0.25) is 5.02 Å². The molecule has 1 aliphatic rings. The van der Waals surface area contributed by atoms with Gasteiger partial charge in [-0.25, -0.2) is 4.21 Å². The van der Waals surface area contributed by atoms with Gasteiger partial charge in [0, 0.05) is 29.0 Å². The molecule has 1 aromatic heterocycles. The van der Waals surface area contributed by atoms with E-state index in [1.165, 1.54) is 0 Å². The summed E-state index contributed by atoms with van der Waals surface area (Å²) in [4.78, 5) is 3.15. The minimum absolute atomic E-state index is 0.172. The predicted octanol–water partition coefficient (Wildman–Crippen LogP) is 6.31. The fourth-order valence-electron chi connectivity index (χ4n) is 4.52. The molecule has 2 heterocycles. The number of thiazole rings is 1. The Morgan fingerprint density at radius 2 is 1.82 bits per heavy atom. The van der Waals surface area contributed by atoms with Crippen molar-refractivity contribution in [1.82, 2.24) is 0 Å². The Bertz CT molecular complexity index is 1670. The zero-order chi connectivity index (χ0) is 27.6. The van der Waals surface area contributed by atoms with Crippen molar-refractivity contribution in [1.29, 1.82) is 0 Å². The zero-order valence-electron chi connectivity index (χ0n) is 20.7. The van der Waals surface area contributed by atoms with Crippen LogP contribution in [0, 0.1) is 0 Å². The third-order valence-electron chi connectivity index (χ3n) is 6.26. The van der Waals surface area contributed by atoms with E-state index in [1.54, 1.807) is 23.1 Å². The predicted molar refractivity (Wildman–Crippen MR) is 161 cm³/mol. The largest absolute Gasteiger partial charge is 0.335 e. The highest BCUT2D eigenvalue weighted by atomic mass is 35.5. The first-order chi connectivity index (χ1) is 18.7. The lowest BCUT2D eigenvalue weighted by Crippen LogP contribution is -2.36. The number of thioether (sulfide) groups is 1. The molecule has 4 aromatic rings. The van der Waals surface area contributed by atoms with Gasteiger partial charge in [0.2, 0.25) is 5.52 Å². The van der Waals surface area contributed by atoms with Gasteiger partial charge in [-0.05, 0) is 41.8 Å². The molecule has 204 valence electrons. The van der Waals surface area contributed by atoms with Crippen LogP contribution in [-0.4, -0.2) is 39.8 Å². The van der Waals surface area contributed by atoms with Gasteiger partial charge in [0.05, 0.1) is 28.3 Å². The van der Waals surface area contributed by atoms with Crippen LogP contribution in [0.4, 0.5) is 5.69 Å². The van der Waals surface area contributed by atoms with Crippen molar-refractivity contribution in [3.8, 4) is 11.1 Å². The third-order valence-corrected chi connectivity index (χ3v) is 10.2. The van der Waals surface area contributed by atoms with Crippen LogP contribution in [0.1, 0.15) is 17.8 Å². The summed E-state index contributed by atoms with van der Waals surface area (Å²) in [6, 6.07) is 22.0. The van der Waals surface area contributed by atoms with Crippen LogP contribution in [0.3, 0.4) is 0 Å².